The van der Waals surface area contributed by atoms with Gasteiger partial charge in [-0.05, 0) is 116 Å². The molecule has 0 aliphatic heterocycles. The predicted octanol–water partition coefficient (Wildman–Crippen LogP) is 22.9. The van der Waals surface area contributed by atoms with Gasteiger partial charge in [-0.1, -0.05) is 280 Å². The lowest BCUT2D eigenvalue weighted by molar-refractivity contribution is -0.167. The molecule has 0 aliphatic rings. The van der Waals surface area contributed by atoms with Crippen LogP contribution in [0.2, 0.25) is 0 Å². The van der Waals surface area contributed by atoms with Crippen molar-refractivity contribution in [2.45, 2.75) is 348 Å². The normalized spacial score (nSPS) is 12.5. The molecule has 0 aromatic rings. The van der Waals surface area contributed by atoms with Gasteiger partial charge in [0.1, 0.15) is 13.2 Å². The van der Waals surface area contributed by atoms with Gasteiger partial charge in [0.25, 0.3) is 0 Å². The lowest BCUT2D eigenvalue weighted by atomic mass is 10.0. The molecule has 0 aliphatic carbocycles. The van der Waals surface area contributed by atoms with Crippen molar-refractivity contribution in [3.63, 3.8) is 0 Å². The SMILES string of the molecule is CCCCC/C=C\C/C=C\C/C=C\C/C=C\CCCCCC(=O)OC[C@H](COC(=O)CCCCCCCCCCCCC/C=C\CCCCCCCC)OC(=O)CCCCCCCCCCC/C=C\CCCCCCCC. The van der Waals surface area contributed by atoms with E-state index >= 15 is 0 Å². The summed E-state index contributed by atoms with van der Waals surface area (Å²) in [6.45, 7) is 6.62. The van der Waals surface area contributed by atoms with Crippen LogP contribution in [-0.2, 0) is 28.6 Å². The molecule has 0 aromatic heterocycles. The molecule has 0 aromatic carbocycles. The third-order valence-electron chi connectivity index (χ3n) is 14.7. The zero-order valence-corrected chi connectivity index (χ0v) is 51.2. The Morgan fingerprint density at radius 1 is 0.260 bits per heavy atom. The first-order valence-corrected chi connectivity index (χ1v) is 33.4. The van der Waals surface area contributed by atoms with Crippen molar-refractivity contribution < 1.29 is 28.6 Å². The average molecular weight is 1080 g/mol. The van der Waals surface area contributed by atoms with Gasteiger partial charge in [-0.15, -0.1) is 0 Å². The summed E-state index contributed by atoms with van der Waals surface area (Å²) in [7, 11) is 0. The minimum Gasteiger partial charge on any atom is -0.462 e. The van der Waals surface area contributed by atoms with Gasteiger partial charge in [0.15, 0.2) is 6.10 Å². The van der Waals surface area contributed by atoms with Crippen LogP contribution in [0.4, 0.5) is 0 Å². The number of carbonyl (C=O) groups excluding carboxylic acids is 3. The largest absolute Gasteiger partial charge is 0.462 e. The van der Waals surface area contributed by atoms with Crippen LogP contribution in [0.1, 0.15) is 342 Å². The second-order valence-electron chi connectivity index (χ2n) is 22.4. The Morgan fingerprint density at radius 2 is 0.468 bits per heavy atom. The van der Waals surface area contributed by atoms with Gasteiger partial charge in [0.2, 0.25) is 0 Å². The van der Waals surface area contributed by atoms with E-state index in [0.717, 1.165) is 83.5 Å². The molecule has 446 valence electrons. The van der Waals surface area contributed by atoms with Crippen LogP contribution in [-0.4, -0.2) is 37.2 Å². The van der Waals surface area contributed by atoms with E-state index < -0.39 is 6.10 Å². The standard InChI is InChI=1S/C71H126O6/c1-4-7-10-13-16-19-22-25-28-31-34-35-38-40-43-46-49-52-55-58-61-64-70(73)76-67-68(77-71(74)65-62-59-56-53-50-47-44-41-37-33-30-27-24-21-18-15-12-9-6-3)66-75-69(72)63-60-57-54-51-48-45-42-39-36-32-29-26-23-20-17-14-11-8-5-2/h17,20,25-30,36,39,45,48,68H,4-16,18-19,21-24,31-35,37-38,40-44,46-47,49-67H2,1-3H3/b20-17-,28-25-,29-26-,30-27-,39-36-,48-45-/t68-/m1/s1. The molecule has 0 fully saturated rings. The zero-order chi connectivity index (χ0) is 55.7. The van der Waals surface area contributed by atoms with E-state index in [4.69, 9.17) is 14.2 Å². The Bertz CT molecular complexity index is 1420. The second kappa shape index (κ2) is 65.4. The molecule has 1 atom stereocenters. The van der Waals surface area contributed by atoms with Crippen LogP contribution in [0.3, 0.4) is 0 Å². The summed E-state index contributed by atoms with van der Waals surface area (Å²) in [5, 5.41) is 0. The highest BCUT2D eigenvalue weighted by molar-refractivity contribution is 5.71. The first kappa shape index (κ1) is 73.8. The number of carbonyl (C=O) groups is 3. The highest BCUT2D eigenvalue weighted by Crippen LogP contribution is 2.17. The predicted molar refractivity (Wildman–Crippen MR) is 335 cm³/mol. The summed E-state index contributed by atoms with van der Waals surface area (Å²) >= 11 is 0. The Morgan fingerprint density at radius 3 is 0.779 bits per heavy atom. The Labute approximate surface area is 478 Å². The monoisotopic (exact) mass is 1070 g/mol. The van der Waals surface area contributed by atoms with Crippen molar-refractivity contribution in [1.29, 1.82) is 0 Å². The molecule has 6 heteroatoms. The smallest absolute Gasteiger partial charge is 0.306 e. The van der Waals surface area contributed by atoms with E-state index in [1.54, 1.807) is 0 Å². The zero-order valence-electron chi connectivity index (χ0n) is 51.2. The molecule has 0 N–H and O–H groups in total. The maximum atomic E-state index is 12.9. The van der Waals surface area contributed by atoms with Crippen LogP contribution in [0.25, 0.3) is 0 Å². The number of esters is 3. The molecule has 0 saturated carbocycles. The van der Waals surface area contributed by atoms with Crippen LogP contribution in [0, 0.1) is 0 Å². The van der Waals surface area contributed by atoms with Gasteiger partial charge in [0, 0.05) is 19.3 Å². The molecule has 0 unspecified atom stereocenters. The molecule has 0 rings (SSSR count). The third kappa shape index (κ3) is 63.6. The summed E-state index contributed by atoms with van der Waals surface area (Å²) in [6.07, 6.45) is 84.8. The van der Waals surface area contributed by atoms with Crippen LogP contribution < -0.4 is 0 Å². The van der Waals surface area contributed by atoms with Crippen molar-refractivity contribution in [3.05, 3.63) is 72.9 Å². The summed E-state index contributed by atoms with van der Waals surface area (Å²) in [5.41, 5.74) is 0. The van der Waals surface area contributed by atoms with E-state index in [-0.39, 0.29) is 31.1 Å². The molecule has 0 bridgehead atoms. The maximum absolute atomic E-state index is 12.9. The van der Waals surface area contributed by atoms with Gasteiger partial charge in [-0.25, -0.2) is 0 Å². The van der Waals surface area contributed by atoms with Crippen LogP contribution in [0.15, 0.2) is 72.9 Å². The van der Waals surface area contributed by atoms with E-state index in [1.165, 1.54) is 218 Å². The number of ether oxygens (including phenoxy) is 3. The molecular weight excluding hydrogens is 949 g/mol. The minimum absolute atomic E-state index is 0.0850. The fourth-order valence-electron chi connectivity index (χ4n) is 9.59. The number of hydrogen-bond donors (Lipinski definition) is 0. The van der Waals surface area contributed by atoms with Gasteiger partial charge in [-0.2, -0.15) is 0 Å². The average Bonchev–Trinajstić information content (AvgIpc) is 3.43. The molecule has 0 radical (unpaired) electrons. The van der Waals surface area contributed by atoms with Crippen molar-refractivity contribution >= 4 is 17.9 Å². The van der Waals surface area contributed by atoms with Crippen molar-refractivity contribution in [2.24, 2.45) is 0 Å². The lowest BCUT2D eigenvalue weighted by Crippen LogP contribution is -2.30. The third-order valence-corrected chi connectivity index (χ3v) is 14.7. The first-order valence-electron chi connectivity index (χ1n) is 33.4. The molecule has 6 nitrogen and oxygen atoms in total. The number of rotatable bonds is 61. The molecule has 0 heterocycles. The number of unbranched alkanes of at least 4 members (excludes halogenated alkanes) is 38. The minimum atomic E-state index is -0.791. The van der Waals surface area contributed by atoms with Gasteiger partial charge in [-0.3, -0.25) is 14.4 Å². The molecule has 0 spiro atoms. The summed E-state index contributed by atoms with van der Waals surface area (Å²) in [6, 6.07) is 0. The highest BCUT2D eigenvalue weighted by atomic mass is 16.6. The van der Waals surface area contributed by atoms with E-state index in [9.17, 15) is 14.4 Å². The summed E-state index contributed by atoms with van der Waals surface area (Å²) in [4.78, 5) is 38.4. The van der Waals surface area contributed by atoms with Crippen molar-refractivity contribution in [2.75, 3.05) is 13.2 Å². The second-order valence-corrected chi connectivity index (χ2v) is 22.4. The topological polar surface area (TPSA) is 78.9 Å². The van der Waals surface area contributed by atoms with E-state index in [1.807, 2.05) is 0 Å². The van der Waals surface area contributed by atoms with Crippen LogP contribution >= 0.6 is 0 Å². The Balaban J connectivity index is 4.41. The first-order chi connectivity index (χ1) is 38.0. The maximum Gasteiger partial charge on any atom is 0.306 e. The highest BCUT2D eigenvalue weighted by Gasteiger charge is 2.19. The van der Waals surface area contributed by atoms with Gasteiger partial charge >= 0.3 is 17.9 Å². The van der Waals surface area contributed by atoms with Gasteiger partial charge in [0.05, 0.1) is 0 Å². The summed E-state index contributed by atoms with van der Waals surface area (Å²) < 4.78 is 16.9. The van der Waals surface area contributed by atoms with Crippen molar-refractivity contribution in [1.82, 2.24) is 0 Å². The molecule has 0 saturated heterocycles. The number of allylic oxidation sites excluding steroid dienone is 12. The quantitative estimate of drug-likeness (QED) is 0.0261. The fraction of sp³-hybridized carbons (Fsp3) is 0.789. The van der Waals surface area contributed by atoms with Crippen LogP contribution in [0.5, 0.6) is 0 Å². The number of hydrogen-bond acceptors (Lipinski definition) is 6. The molecule has 0 amide bonds. The van der Waals surface area contributed by atoms with E-state index in [0.29, 0.717) is 19.3 Å². The molecular formula is C71H126O6. The fourth-order valence-corrected chi connectivity index (χ4v) is 9.59. The summed E-state index contributed by atoms with van der Waals surface area (Å²) in [5.74, 6) is -0.903. The van der Waals surface area contributed by atoms with E-state index in [2.05, 4.69) is 93.7 Å². The van der Waals surface area contributed by atoms with Gasteiger partial charge < -0.3 is 14.2 Å². The molecule has 77 heavy (non-hydrogen) atoms. The lowest BCUT2D eigenvalue weighted by Gasteiger charge is -2.18. The Kier molecular flexibility index (Phi) is 62.7. The van der Waals surface area contributed by atoms with Crippen molar-refractivity contribution in [3.8, 4) is 0 Å². The Hall–Kier alpha value is -3.15.